The van der Waals surface area contributed by atoms with Crippen LogP contribution in [0.3, 0.4) is 0 Å². The van der Waals surface area contributed by atoms with Crippen molar-refractivity contribution in [3.63, 3.8) is 0 Å². The summed E-state index contributed by atoms with van der Waals surface area (Å²) in [6, 6.07) is 7.31. The van der Waals surface area contributed by atoms with Crippen LogP contribution in [0.5, 0.6) is 0 Å². The Hall–Kier alpha value is -4.76. The number of ether oxygens (including phenoxy) is 2. The molecule has 45 heavy (non-hydrogen) atoms. The Kier molecular flexibility index (Phi) is 8.29. The SMILES string of the molecule is O=C(OCCOCCO)C(c1cc(-c2ccc(C3CC3)cc2C(F)(F)F)no1)n1cc2nc(-c3cccc(F)c3F)nc-2cn1. The van der Waals surface area contributed by atoms with E-state index in [0.29, 0.717) is 5.56 Å². The Morgan fingerprint density at radius 3 is 2.58 bits per heavy atom. The molecule has 0 spiro atoms. The molecular weight excluding hydrogens is 605 g/mol. The van der Waals surface area contributed by atoms with E-state index in [1.54, 1.807) is 6.07 Å². The van der Waals surface area contributed by atoms with Crippen molar-refractivity contribution in [2.75, 3.05) is 26.4 Å². The van der Waals surface area contributed by atoms with Crippen LogP contribution in [0, 0.1) is 11.6 Å². The number of aliphatic hydroxyl groups is 1. The Balaban J connectivity index is 1.37. The van der Waals surface area contributed by atoms with Gasteiger partial charge in [0.1, 0.15) is 23.7 Å². The predicted molar refractivity (Wildman–Crippen MR) is 146 cm³/mol. The van der Waals surface area contributed by atoms with Crippen molar-refractivity contribution in [2.24, 2.45) is 0 Å². The van der Waals surface area contributed by atoms with Crippen molar-refractivity contribution in [3.05, 3.63) is 83.4 Å². The normalized spacial score (nSPS) is 14.2. The van der Waals surface area contributed by atoms with Crippen LogP contribution >= 0.6 is 0 Å². The molecule has 234 valence electrons. The van der Waals surface area contributed by atoms with E-state index in [1.807, 2.05) is 0 Å². The number of alkyl halides is 3. The van der Waals surface area contributed by atoms with Crippen LogP contribution < -0.4 is 0 Å². The molecule has 10 nitrogen and oxygen atoms in total. The Morgan fingerprint density at radius 2 is 1.82 bits per heavy atom. The minimum Gasteiger partial charge on any atom is -0.461 e. The van der Waals surface area contributed by atoms with E-state index in [4.69, 9.17) is 19.1 Å². The Labute approximate surface area is 251 Å². The van der Waals surface area contributed by atoms with Gasteiger partial charge in [-0.2, -0.15) is 18.3 Å². The number of benzene rings is 2. The van der Waals surface area contributed by atoms with Gasteiger partial charge in [0, 0.05) is 11.6 Å². The predicted octanol–water partition coefficient (Wildman–Crippen LogP) is 5.42. The summed E-state index contributed by atoms with van der Waals surface area (Å²) in [7, 11) is 0. The molecule has 1 fully saturated rings. The first-order chi connectivity index (χ1) is 21.6. The van der Waals surface area contributed by atoms with Crippen molar-refractivity contribution in [1.82, 2.24) is 24.9 Å². The summed E-state index contributed by atoms with van der Waals surface area (Å²) in [4.78, 5) is 21.8. The number of rotatable bonds is 11. The standard InChI is InChI=1S/C30H24F5N5O5/c31-21-3-1-2-19(26(21)32)28-37-23-14-36-40(15-24(23)38-28)27(29(42)44-11-10-43-9-8-41)25-13-22(39-45-25)18-7-6-17(16-4-5-16)12-20(18)30(33,34)35/h1-3,6-7,12-16,27,41H,4-5,8-11H2. The number of aliphatic hydroxyl groups excluding tert-OH is 1. The number of esters is 1. The monoisotopic (exact) mass is 629 g/mol. The fourth-order valence-electron chi connectivity index (χ4n) is 4.81. The molecule has 3 heterocycles. The lowest BCUT2D eigenvalue weighted by atomic mass is 9.98. The second kappa shape index (κ2) is 12.3. The second-order valence-electron chi connectivity index (χ2n) is 10.3. The fourth-order valence-corrected chi connectivity index (χ4v) is 4.81. The number of fused-ring (bicyclic) bond motifs is 1. The van der Waals surface area contributed by atoms with E-state index in [0.717, 1.165) is 29.7 Å². The lowest BCUT2D eigenvalue weighted by molar-refractivity contribution is -0.148. The lowest BCUT2D eigenvalue weighted by Gasteiger charge is -2.16. The summed E-state index contributed by atoms with van der Waals surface area (Å²) in [6.07, 6.45) is -0.529. The molecule has 1 N–H and O–H groups in total. The number of hydrogen-bond donors (Lipinski definition) is 1. The van der Waals surface area contributed by atoms with Crippen molar-refractivity contribution in [3.8, 4) is 34.0 Å². The summed E-state index contributed by atoms with van der Waals surface area (Å²) >= 11 is 0. The smallest absolute Gasteiger partial charge is 0.417 e. The van der Waals surface area contributed by atoms with Crippen LogP contribution in [0.25, 0.3) is 34.0 Å². The van der Waals surface area contributed by atoms with Gasteiger partial charge < -0.3 is 19.1 Å². The molecule has 1 aromatic heterocycles. The summed E-state index contributed by atoms with van der Waals surface area (Å²) in [5.41, 5.74) is -0.555. The summed E-state index contributed by atoms with van der Waals surface area (Å²) < 4.78 is 87.4. The van der Waals surface area contributed by atoms with Gasteiger partial charge in [-0.1, -0.05) is 23.4 Å². The van der Waals surface area contributed by atoms with E-state index in [1.165, 1.54) is 36.7 Å². The molecule has 2 aromatic carbocycles. The molecule has 3 aliphatic rings. The van der Waals surface area contributed by atoms with Crippen molar-refractivity contribution < 1.29 is 45.8 Å². The maximum atomic E-state index is 14.4. The molecule has 0 saturated heterocycles. The molecular formula is C30H24F5N5O5. The molecule has 2 aliphatic heterocycles. The fraction of sp³-hybridized carbons (Fsp3) is 0.300. The first-order valence-corrected chi connectivity index (χ1v) is 13.8. The van der Waals surface area contributed by atoms with Gasteiger partial charge in [0.25, 0.3) is 0 Å². The number of carbonyl (C=O) groups is 1. The van der Waals surface area contributed by atoms with Gasteiger partial charge in [-0.3, -0.25) is 0 Å². The molecule has 1 atom stereocenters. The van der Waals surface area contributed by atoms with Gasteiger partial charge in [0.2, 0.25) is 6.04 Å². The first kappa shape index (κ1) is 30.3. The summed E-state index contributed by atoms with van der Waals surface area (Å²) in [5.74, 6) is -3.38. The molecule has 1 saturated carbocycles. The van der Waals surface area contributed by atoms with Gasteiger partial charge in [0.05, 0.1) is 43.3 Å². The molecule has 15 heteroatoms. The zero-order valence-corrected chi connectivity index (χ0v) is 23.3. The highest BCUT2D eigenvalue weighted by atomic mass is 19.4. The van der Waals surface area contributed by atoms with Crippen LogP contribution in [0.4, 0.5) is 22.0 Å². The van der Waals surface area contributed by atoms with Crippen molar-refractivity contribution in [1.29, 1.82) is 0 Å². The number of nitrogens with zero attached hydrogens (tertiary/aromatic N) is 5. The van der Waals surface area contributed by atoms with E-state index in [2.05, 4.69) is 20.2 Å². The second-order valence-corrected chi connectivity index (χ2v) is 10.3. The third-order valence-corrected chi connectivity index (χ3v) is 7.14. The lowest BCUT2D eigenvalue weighted by Crippen LogP contribution is -2.26. The van der Waals surface area contributed by atoms with Crippen LogP contribution in [0.1, 0.15) is 41.7 Å². The maximum Gasteiger partial charge on any atom is 0.417 e. The molecule has 3 aromatic rings. The van der Waals surface area contributed by atoms with Crippen LogP contribution in [-0.2, 0) is 20.4 Å². The molecule has 1 unspecified atom stereocenters. The Morgan fingerprint density at radius 1 is 1.02 bits per heavy atom. The van der Waals surface area contributed by atoms with Gasteiger partial charge >= 0.3 is 12.1 Å². The van der Waals surface area contributed by atoms with Crippen LogP contribution in [0.2, 0.25) is 0 Å². The highest BCUT2D eigenvalue weighted by molar-refractivity contribution is 5.78. The highest BCUT2D eigenvalue weighted by Gasteiger charge is 2.37. The number of aromatic nitrogens is 5. The van der Waals surface area contributed by atoms with E-state index < -0.39 is 35.4 Å². The number of carbonyl (C=O) groups excluding carboxylic acids is 1. The third-order valence-electron chi connectivity index (χ3n) is 7.14. The number of imidazole rings is 1. The van der Waals surface area contributed by atoms with E-state index in [-0.39, 0.29) is 72.1 Å². The van der Waals surface area contributed by atoms with Crippen LogP contribution in [-0.4, -0.2) is 62.4 Å². The van der Waals surface area contributed by atoms with Gasteiger partial charge in [0.15, 0.2) is 23.2 Å². The van der Waals surface area contributed by atoms with Gasteiger partial charge in [-0.05, 0) is 42.5 Å². The average Bonchev–Trinajstić information content (AvgIpc) is 3.61. The number of hydrogen-bond acceptors (Lipinski definition) is 9. The number of halogens is 5. The molecule has 1 aliphatic carbocycles. The Bertz CT molecular complexity index is 1800. The van der Waals surface area contributed by atoms with E-state index in [9.17, 15) is 26.7 Å². The van der Waals surface area contributed by atoms with Crippen LogP contribution in [0.15, 0.2) is 59.4 Å². The zero-order valence-electron chi connectivity index (χ0n) is 23.3. The van der Waals surface area contributed by atoms with Gasteiger partial charge in [-0.25, -0.2) is 28.2 Å². The summed E-state index contributed by atoms with van der Waals surface area (Å²) in [6.45, 7) is -0.485. The molecule has 0 bridgehead atoms. The van der Waals surface area contributed by atoms with E-state index >= 15 is 0 Å². The molecule has 6 rings (SSSR count). The molecule has 0 radical (unpaired) electrons. The minimum atomic E-state index is -4.68. The highest BCUT2D eigenvalue weighted by Crippen LogP contribution is 2.44. The first-order valence-electron chi connectivity index (χ1n) is 13.8. The quantitative estimate of drug-likeness (QED) is 0.116. The zero-order chi connectivity index (χ0) is 31.7. The molecule has 0 amide bonds. The maximum absolute atomic E-state index is 14.4. The average molecular weight is 630 g/mol. The third kappa shape index (κ3) is 6.40. The summed E-state index contributed by atoms with van der Waals surface area (Å²) in [5, 5.41) is 16.9. The largest absolute Gasteiger partial charge is 0.461 e. The minimum absolute atomic E-state index is 0.0182. The topological polar surface area (TPSA) is 125 Å². The van der Waals surface area contributed by atoms with Gasteiger partial charge in [-0.15, -0.1) is 0 Å². The van der Waals surface area contributed by atoms with Crippen molar-refractivity contribution in [2.45, 2.75) is 31.0 Å². The van der Waals surface area contributed by atoms with Crippen molar-refractivity contribution >= 4 is 5.97 Å².